The number of benzene rings is 1. The number of nitriles is 1. The standard InChI is InChI=1S/C22H20F3N3O3/c1-3-28-19-12-16(31-22(23,24)25)10-11-17(19)18(13-26)20(28)14-6-5-7-15(9-8-14)27-21(29)30-4-2/h6-12H,3-5H2,1-2H3,(H,27,29). The summed E-state index contributed by atoms with van der Waals surface area (Å²) >= 11 is 0. The van der Waals surface area contributed by atoms with Crippen LogP contribution in [0.5, 0.6) is 5.75 Å². The third kappa shape index (κ3) is 4.91. The number of aromatic nitrogens is 1. The predicted octanol–water partition coefficient (Wildman–Crippen LogP) is 5.40. The van der Waals surface area contributed by atoms with Gasteiger partial charge in [0.25, 0.3) is 0 Å². The molecule has 3 rings (SSSR count). The zero-order chi connectivity index (χ0) is 22.6. The summed E-state index contributed by atoms with van der Waals surface area (Å²) in [5.41, 5.74) is 2.67. The number of alkyl carbamates (subject to hydrolysis) is 1. The third-order valence-corrected chi connectivity index (χ3v) is 4.61. The SMILES string of the molecule is CCOC(=O)NC1=CCC=C(c2c(C#N)c3ccc(OC(F)(F)F)cc3n2CC)C=C1. The first-order valence-electron chi connectivity index (χ1n) is 9.62. The van der Waals surface area contributed by atoms with Crippen LogP contribution >= 0.6 is 0 Å². The van der Waals surface area contributed by atoms with Gasteiger partial charge in [0.2, 0.25) is 0 Å². The highest BCUT2D eigenvalue weighted by Crippen LogP contribution is 2.35. The molecule has 0 saturated heterocycles. The lowest BCUT2D eigenvalue weighted by atomic mass is 10.1. The molecule has 1 amide bonds. The smallest absolute Gasteiger partial charge is 0.450 e. The molecule has 0 unspecified atom stereocenters. The van der Waals surface area contributed by atoms with Gasteiger partial charge in [0.1, 0.15) is 11.8 Å². The van der Waals surface area contributed by atoms with Crippen LogP contribution < -0.4 is 10.1 Å². The van der Waals surface area contributed by atoms with Crippen LogP contribution in [0.1, 0.15) is 31.5 Å². The maximum absolute atomic E-state index is 12.6. The van der Waals surface area contributed by atoms with Crippen molar-refractivity contribution in [3.05, 3.63) is 59.5 Å². The molecule has 9 heteroatoms. The van der Waals surface area contributed by atoms with Crippen LogP contribution in [0.2, 0.25) is 0 Å². The van der Waals surface area contributed by atoms with Crippen molar-refractivity contribution in [2.75, 3.05) is 6.61 Å². The Kier molecular flexibility index (Phi) is 6.39. The molecule has 0 radical (unpaired) electrons. The Morgan fingerprint density at radius 3 is 2.68 bits per heavy atom. The molecule has 6 nitrogen and oxygen atoms in total. The fraction of sp³-hybridized carbons (Fsp3) is 0.273. The quantitative estimate of drug-likeness (QED) is 0.687. The van der Waals surface area contributed by atoms with E-state index in [1.807, 2.05) is 13.0 Å². The summed E-state index contributed by atoms with van der Waals surface area (Å²) in [5.74, 6) is -0.351. The number of nitrogens with zero attached hydrogens (tertiary/aromatic N) is 2. The maximum Gasteiger partial charge on any atom is 0.573 e. The van der Waals surface area contributed by atoms with E-state index in [0.717, 1.165) is 0 Å². The molecule has 0 spiro atoms. The first-order valence-corrected chi connectivity index (χ1v) is 9.62. The van der Waals surface area contributed by atoms with E-state index in [1.54, 1.807) is 29.7 Å². The molecular formula is C22H20F3N3O3. The molecule has 162 valence electrons. The van der Waals surface area contributed by atoms with Gasteiger partial charge in [-0.3, -0.25) is 5.32 Å². The van der Waals surface area contributed by atoms with Gasteiger partial charge in [0.15, 0.2) is 0 Å². The number of halogens is 3. The van der Waals surface area contributed by atoms with E-state index < -0.39 is 12.5 Å². The molecule has 0 atom stereocenters. The molecule has 0 saturated carbocycles. The molecule has 1 aliphatic carbocycles. The van der Waals surface area contributed by atoms with E-state index in [4.69, 9.17) is 4.74 Å². The Morgan fingerprint density at radius 1 is 1.26 bits per heavy atom. The number of rotatable bonds is 5. The third-order valence-electron chi connectivity index (χ3n) is 4.61. The molecule has 0 fully saturated rings. The second kappa shape index (κ2) is 9.00. The zero-order valence-electron chi connectivity index (χ0n) is 16.9. The minimum Gasteiger partial charge on any atom is -0.450 e. The highest BCUT2D eigenvalue weighted by Gasteiger charge is 2.31. The van der Waals surface area contributed by atoms with Crippen LogP contribution in [-0.2, 0) is 11.3 Å². The van der Waals surface area contributed by atoms with Crippen molar-refractivity contribution in [2.45, 2.75) is 33.2 Å². The number of hydrogen-bond donors (Lipinski definition) is 1. The van der Waals surface area contributed by atoms with Gasteiger partial charge in [-0.25, -0.2) is 4.79 Å². The van der Waals surface area contributed by atoms with E-state index in [2.05, 4.69) is 16.1 Å². The Hall–Kier alpha value is -3.67. The summed E-state index contributed by atoms with van der Waals surface area (Å²) < 4.78 is 48.6. The summed E-state index contributed by atoms with van der Waals surface area (Å²) in [5, 5.41) is 13.0. The van der Waals surface area contributed by atoms with Gasteiger partial charge < -0.3 is 14.0 Å². The van der Waals surface area contributed by atoms with E-state index in [9.17, 15) is 23.2 Å². The van der Waals surface area contributed by atoms with Crippen LogP contribution in [0.4, 0.5) is 18.0 Å². The van der Waals surface area contributed by atoms with Crippen molar-refractivity contribution in [2.24, 2.45) is 0 Å². The average molecular weight is 431 g/mol. The molecule has 2 aromatic rings. The summed E-state index contributed by atoms with van der Waals surface area (Å²) in [7, 11) is 0. The van der Waals surface area contributed by atoms with Crippen LogP contribution in [-0.4, -0.2) is 23.6 Å². The normalized spacial score (nSPS) is 13.8. The van der Waals surface area contributed by atoms with Crippen molar-refractivity contribution >= 4 is 22.6 Å². The topological polar surface area (TPSA) is 76.3 Å². The number of fused-ring (bicyclic) bond motifs is 1. The van der Waals surface area contributed by atoms with Crippen molar-refractivity contribution in [1.82, 2.24) is 9.88 Å². The predicted molar refractivity (Wildman–Crippen MR) is 109 cm³/mol. The molecular weight excluding hydrogens is 411 g/mol. The number of allylic oxidation sites excluding steroid dienone is 5. The molecule has 1 N–H and O–H groups in total. The highest BCUT2D eigenvalue weighted by molar-refractivity contribution is 5.95. The summed E-state index contributed by atoms with van der Waals surface area (Å²) in [6, 6.07) is 6.11. The summed E-state index contributed by atoms with van der Waals surface area (Å²) in [6.07, 6.45) is 2.21. The number of hydrogen-bond acceptors (Lipinski definition) is 4. The minimum absolute atomic E-state index is 0.245. The minimum atomic E-state index is -4.81. The lowest BCUT2D eigenvalue weighted by Gasteiger charge is -2.11. The van der Waals surface area contributed by atoms with Gasteiger partial charge >= 0.3 is 12.5 Å². The Balaban J connectivity index is 2.03. The Labute approximate surface area is 176 Å². The van der Waals surface area contributed by atoms with Crippen LogP contribution in [0, 0.1) is 11.3 Å². The van der Waals surface area contributed by atoms with Crippen molar-refractivity contribution in [3.63, 3.8) is 0 Å². The van der Waals surface area contributed by atoms with Gasteiger partial charge in [-0.15, -0.1) is 13.2 Å². The molecule has 1 heterocycles. The number of aryl methyl sites for hydroxylation is 1. The van der Waals surface area contributed by atoms with Gasteiger partial charge in [-0.2, -0.15) is 5.26 Å². The van der Waals surface area contributed by atoms with Crippen molar-refractivity contribution in [1.29, 1.82) is 5.26 Å². The molecule has 0 aliphatic heterocycles. The second-order valence-corrected chi connectivity index (χ2v) is 6.54. The Morgan fingerprint density at radius 2 is 2.03 bits per heavy atom. The molecule has 31 heavy (non-hydrogen) atoms. The molecule has 1 aliphatic rings. The Bertz CT molecular complexity index is 1130. The second-order valence-electron chi connectivity index (χ2n) is 6.54. The number of carbonyl (C=O) groups excluding carboxylic acids is 1. The first-order chi connectivity index (χ1) is 14.8. The largest absolute Gasteiger partial charge is 0.573 e. The number of ether oxygens (including phenoxy) is 2. The van der Waals surface area contributed by atoms with Crippen LogP contribution in [0.3, 0.4) is 0 Å². The summed E-state index contributed by atoms with van der Waals surface area (Å²) in [6.45, 7) is 4.22. The van der Waals surface area contributed by atoms with Gasteiger partial charge in [0, 0.05) is 23.7 Å². The van der Waals surface area contributed by atoms with E-state index >= 15 is 0 Å². The molecule has 1 aromatic heterocycles. The maximum atomic E-state index is 12.6. The van der Waals surface area contributed by atoms with E-state index in [0.29, 0.717) is 46.4 Å². The van der Waals surface area contributed by atoms with Gasteiger partial charge in [-0.05, 0) is 44.1 Å². The van der Waals surface area contributed by atoms with Crippen LogP contribution in [0.25, 0.3) is 16.5 Å². The lowest BCUT2D eigenvalue weighted by Crippen LogP contribution is -2.22. The molecule has 1 aromatic carbocycles. The van der Waals surface area contributed by atoms with Crippen molar-refractivity contribution < 1.29 is 27.4 Å². The highest BCUT2D eigenvalue weighted by atomic mass is 19.4. The fourth-order valence-electron chi connectivity index (χ4n) is 3.45. The number of nitrogens with one attached hydrogen (secondary N) is 1. The van der Waals surface area contributed by atoms with E-state index in [1.165, 1.54) is 18.2 Å². The number of carbonyl (C=O) groups is 1. The lowest BCUT2D eigenvalue weighted by molar-refractivity contribution is -0.274. The molecule has 0 bridgehead atoms. The first kappa shape index (κ1) is 22.0. The zero-order valence-corrected chi connectivity index (χ0v) is 16.9. The van der Waals surface area contributed by atoms with Gasteiger partial charge in [-0.1, -0.05) is 18.2 Å². The summed E-state index contributed by atoms with van der Waals surface area (Å²) in [4.78, 5) is 11.7. The number of amides is 1. The van der Waals surface area contributed by atoms with E-state index in [-0.39, 0.29) is 12.4 Å². The monoisotopic (exact) mass is 431 g/mol. The number of alkyl halides is 3. The van der Waals surface area contributed by atoms with Crippen LogP contribution in [0.15, 0.2) is 48.2 Å². The van der Waals surface area contributed by atoms with Crippen molar-refractivity contribution in [3.8, 4) is 11.8 Å². The fourth-order valence-corrected chi connectivity index (χ4v) is 3.45. The average Bonchev–Trinajstić information content (AvgIpc) is 2.83. The van der Waals surface area contributed by atoms with Gasteiger partial charge in [0.05, 0.1) is 23.4 Å².